The second-order valence-electron chi connectivity index (χ2n) is 6.70. The largest absolute Gasteiger partial charge is 0.379 e. The summed E-state index contributed by atoms with van der Waals surface area (Å²) in [5, 5.41) is 6.75. The molecule has 2 aromatic rings. The third kappa shape index (κ3) is 6.93. The van der Waals surface area contributed by atoms with E-state index in [9.17, 15) is 0 Å². The van der Waals surface area contributed by atoms with Gasteiger partial charge in [-0.25, -0.2) is 0 Å². The van der Waals surface area contributed by atoms with Crippen LogP contribution in [0.2, 0.25) is 5.28 Å². The highest BCUT2D eigenvalue weighted by atomic mass is 35.5. The third-order valence-corrected chi connectivity index (χ3v) is 4.68. The van der Waals surface area contributed by atoms with E-state index >= 15 is 0 Å². The van der Waals surface area contributed by atoms with Crippen molar-refractivity contribution in [2.24, 2.45) is 0 Å². The van der Waals surface area contributed by atoms with Crippen LogP contribution in [-0.4, -0.2) is 65.3 Å². The first kappa shape index (κ1) is 19.8. The molecular formula is C19H27ClN6O. The fraction of sp³-hybridized carbons (Fsp3) is 0.526. The van der Waals surface area contributed by atoms with E-state index in [0.29, 0.717) is 11.9 Å². The van der Waals surface area contributed by atoms with Gasteiger partial charge in [-0.15, -0.1) is 0 Å². The van der Waals surface area contributed by atoms with Crippen LogP contribution in [0.1, 0.15) is 18.9 Å². The van der Waals surface area contributed by atoms with Gasteiger partial charge in [0, 0.05) is 32.2 Å². The number of morpholine rings is 1. The van der Waals surface area contributed by atoms with Crippen LogP contribution in [0.15, 0.2) is 30.3 Å². The Kier molecular flexibility index (Phi) is 7.62. The number of aromatic nitrogens is 3. The van der Waals surface area contributed by atoms with E-state index in [1.807, 2.05) is 6.07 Å². The molecule has 1 atom stereocenters. The van der Waals surface area contributed by atoms with Crippen molar-refractivity contribution in [3.05, 3.63) is 41.2 Å². The van der Waals surface area contributed by atoms with Crippen LogP contribution in [0.4, 0.5) is 11.9 Å². The molecule has 27 heavy (non-hydrogen) atoms. The average Bonchev–Trinajstić information content (AvgIpc) is 2.68. The van der Waals surface area contributed by atoms with Crippen LogP contribution >= 0.6 is 11.6 Å². The quantitative estimate of drug-likeness (QED) is 0.681. The standard InChI is InChI=1S/C19H27ClN6O/c1-15(7-8-16-5-3-2-4-6-16)22-19-24-17(20)23-18(25-19)21-9-10-26-11-13-27-14-12-26/h2-6,15H,7-14H2,1H3,(H2,21,22,23,24,25). The Bertz CT molecular complexity index is 696. The molecule has 0 spiro atoms. The van der Waals surface area contributed by atoms with Gasteiger partial charge >= 0.3 is 0 Å². The summed E-state index contributed by atoms with van der Waals surface area (Å²) in [4.78, 5) is 15.1. The monoisotopic (exact) mass is 390 g/mol. The Balaban J connectivity index is 1.46. The minimum Gasteiger partial charge on any atom is -0.379 e. The topological polar surface area (TPSA) is 75.2 Å². The summed E-state index contributed by atoms with van der Waals surface area (Å²) in [7, 11) is 0. The molecule has 1 unspecified atom stereocenters. The molecule has 1 saturated heterocycles. The number of rotatable bonds is 9. The highest BCUT2D eigenvalue weighted by Gasteiger charge is 2.11. The molecule has 0 amide bonds. The van der Waals surface area contributed by atoms with Crippen LogP contribution in [0.25, 0.3) is 0 Å². The normalized spacial score (nSPS) is 16.1. The molecule has 146 valence electrons. The van der Waals surface area contributed by atoms with E-state index in [-0.39, 0.29) is 11.3 Å². The Hall–Kier alpha value is -1.96. The van der Waals surface area contributed by atoms with Gasteiger partial charge in [-0.05, 0) is 36.9 Å². The second-order valence-corrected chi connectivity index (χ2v) is 7.04. The summed E-state index contributed by atoms with van der Waals surface area (Å²) in [6.07, 6.45) is 1.98. The number of ether oxygens (including phenoxy) is 1. The Labute approximate surface area is 165 Å². The zero-order valence-corrected chi connectivity index (χ0v) is 16.5. The average molecular weight is 391 g/mol. The number of hydrogen-bond acceptors (Lipinski definition) is 7. The molecule has 0 radical (unpaired) electrons. The Morgan fingerprint density at radius 2 is 1.85 bits per heavy atom. The van der Waals surface area contributed by atoms with Crippen molar-refractivity contribution in [3.8, 4) is 0 Å². The van der Waals surface area contributed by atoms with Gasteiger partial charge < -0.3 is 15.4 Å². The lowest BCUT2D eigenvalue weighted by atomic mass is 10.1. The molecule has 7 nitrogen and oxygen atoms in total. The third-order valence-electron chi connectivity index (χ3n) is 4.51. The first-order valence-corrected chi connectivity index (χ1v) is 9.83. The van der Waals surface area contributed by atoms with Gasteiger partial charge in [0.15, 0.2) is 0 Å². The number of nitrogens with one attached hydrogen (secondary N) is 2. The van der Waals surface area contributed by atoms with E-state index in [2.05, 4.69) is 61.7 Å². The van der Waals surface area contributed by atoms with E-state index in [4.69, 9.17) is 16.3 Å². The van der Waals surface area contributed by atoms with Crippen LogP contribution in [-0.2, 0) is 11.2 Å². The number of hydrogen-bond donors (Lipinski definition) is 2. The number of halogens is 1. The van der Waals surface area contributed by atoms with Crippen molar-refractivity contribution < 1.29 is 4.74 Å². The summed E-state index contributed by atoms with van der Waals surface area (Å²) in [5.74, 6) is 1.01. The molecule has 1 aliphatic heterocycles. The number of nitrogens with zero attached hydrogens (tertiary/aromatic N) is 4. The molecule has 0 saturated carbocycles. The van der Waals surface area contributed by atoms with Crippen molar-refractivity contribution in [2.75, 3.05) is 50.0 Å². The maximum Gasteiger partial charge on any atom is 0.229 e. The second kappa shape index (κ2) is 10.4. The minimum absolute atomic E-state index is 0.191. The van der Waals surface area contributed by atoms with Crippen molar-refractivity contribution in [1.29, 1.82) is 0 Å². The van der Waals surface area contributed by atoms with Gasteiger partial charge in [-0.3, -0.25) is 4.90 Å². The number of benzene rings is 1. The summed E-state index contributed by atoms with van der Waals surface area (Å²) in [6.45, 7) is 7.31. The van der Waals surface area contributed by atoms with E-state index in [1.165, 1.54) is 5.56 Å². The zero-order valence-electron chi connectivity index (χ0n) is 15.7. The first-order chi connectivity index (χ1) is 13.2. The lowest BCUT2D eigenvalue weighted by molar-refractivity contribution is 0.0398. The molecule has 1 fully saturated rings. The molecule has 1 aromatic carbocycles. The van der Waals surface area contributed by atoms with E-state index in [1.54, 1.807) is 0 Å². The lowest BCUT2D eigenvalue weighted by Crippen LogP contribution is -2.39. The van der Waals surface area contributed by atoms with Crippen molar-refractivity contribution in [1.82, 2.24) is 19.9 Å². The van der Waals surface area contributed by atoms with Gasteiger partial charge in [-0.2, -0.15) is 15.0 Å². The van der Waals surface area contributed by atoms with Gasteiger partial charge in [0.05, 0.1) is 13.2 Å². The van der Waals surface area contributed by atoms with Crippen molar-refractivity contribution in [3.63, 3.8) is 0 Å². The maximum absolute atomic E-state index is 6.06. The van der Waals surface area contributed by atoms with E-state index < -0.39 is 0 Å². The maximum atomic E-state index is 6.06. The summed E-state index contributed by atoms with van der Waals surface area (Å²) in [5.41, 5.74) is 1.32. The molecule has 8 heteroatoms. The summed E-state index contributed by atoms with van der Waals surface area (Å²) >= 11 is 6.06. The predicted molar refractivity (Wildman–Crippen MR) is 108 cm³/mol. The highest BCUT2D eigenvalue weighted by molar-refractivity contribution is 6.28. The van der Waals surface area contributed by atoms with E-state index in [0.717, 1.165) is 52.2 Å². The van der Waals surface area contributed by atoms with Crippen molar-refractivity contribution in [2.45, 2.75) is 25.8 Å². The summed E-state index contributed by atoms with van der Waals surface area (Å²) < 4.78 is 5.36. The minimum atomic E-state index is 0.191. The summed E-state index contributed by atoms with van der Waals surface area (Å²) in [6, 6.07) is 10.7. The fourth-order valence-electron chi connectivity index (χ4n) is 2.96. The lowest BCUT2D eigenvalue weighted by Gasteiger charge is -2.26. The first-order valence-electron chi connectivity index (χ1n) is 9.45. The van der Waals surface area contributed by atoms with Crippen LogP contribution in [0.3, 0.4) is 0 Å². The van der Waals surface area contributed by atoms with Gasteiger partial charge in [0.1, 0.15) is 0 Å². The van der Waals surface area contributed by atoms with Crippen molar-refractivity contribution >= 4 is 23.5 Å². The highest BCUT2D eigenvalue weighted by Crippen LogP contribution is 2.13. The Morgan fingerprint density at radius 1 is 1.11 bits per heavy atom. The molecule has 2 heterocycles. The molecule has 1 aliphatic rings. The molecule has 2 N–H and O–H groups in total. The smallest absolute Gasteiger partial charge is 0.229 e. The molecular weight excluding hydrogens is 364 g/mol. The van der Waals surface area contributed by atoms with Crippen LogP contribution in [0.5, 0.6) is 0 Å². The number of aryl methyl sites for hydroxylation is 1. The van der Waals surface area contributed by atoms with Crippen LogP contribution < -0.4 is 10.6 Å². The molecule has 0 bridgehead atoms. The number of anilines is 2. The SMILES string of the molecule is CC(CCc1ccccc1)Nc1nc(Cl)nc(NCCN2CCOCC2)n1. The Morgan fingerprint density at radius 3 is 2.63 bits per heavy atom. The molecule has 3 rings (SSSR count). The molecule has 1 aromatic heterocycles. The van der Waals surface area contributed by atoms with Gasteiger partial charge in [0.2, 0.25) is 17.2 Å². The predicted octanol–water partition coefficient (Wildman–Crippen LogP) is 2.70. The van der Waals surface area contributed by atoms with Crippen LogP contribution in [0, 0.1) is 0 Å². The van der Waals surface area contributed by atoms with Gasteiger partial charge in [-0.1, -0.05) is 30.3 Å². The van der Waals surface area contributed by atoms with Gasteiger partial charge in [0.25, 0.3) is 0 Å². The molecule has 0 aliphatic carbocycles. The zero-order chi connectivity index (χ0) is 18.9. The fourth-order valence-corrected chi connectivity index (χ4v) is 3.12.